The molecule has 0 aromatic heterocycles. The smallest absolute Gasteiger partial charge is 0.164 e. The Balaban J connectivity index is 2.12. The van der Waals surface area contributed by atoms with Crippen molar-refractivity contribution < 1.29 is 4.79 Å². The van der Waals surface area contributed by atoms with E-state index in [0.29, 0.717) is 16.5 Å². The average molecular weight is 277 g/mol. The molecule has 0 aliphatic heterocycles. The van der Waals surface area contributed by atoms with Gasteiger partial charge in [0.1, 0.15) is 0 Å². The summed E-state index contributed by atoms with van der Waals surface area (Å²) in [4.78, 5) is 12.0. The zero-order chi connectivity index (χ0) is 12.7. The molecule has 18 heavy (non-hydrogen) atoms. The third-order valence-electron chi connectivity index (χ3n) is 3.36. The van der Waals surface area contributed by atoms with Crippen molar-refractivity contribution in [3.05, 3.63) is 69.2 Å². The molecule has 0 radical (unpaired) electrons. The number of carbonyl (C=O) groups is 1. The molecule has 0 saturated heterocycles. The Labute approximate surface area is 115 Å². The summed E-state index contributed by atoms with van der Waals surface area (Å²) in [5.74, 6) is 0.236. The molecule has 0 amide bonds. The van der Waals surface area contributed by atoms with Crippen LogP contribution in [0.2, 0.25) is 10.0 Å². The van der Waals surface area contributed by atoms with Crippen LogP contribution in [0.3, 0.4) is 0 Å². The molecule has 0 saturated carbocycles. The van der Waals surface area contributed by atoms with Crippen molar-refractivity contribution in [3.63, 3.8) is 0 Å². The van der Waals surface area contributed by atoms with E-state index in [4.69, 9.17) is 23.2 Å². The molecule has 90 valence electrons. The summed E-state index contributed by atoms with van der Waals surface area (Å²) >= 11 is 12.1. The van der Waals surface area contributed by atoms with Crippen LogP contribution >= 0.6 is 23.2 Å². The Hall–Kier alpha value is -1.31. The fraction of sp³-hybridized carbons (Fsp3) is 0.133. The van der Waals surface area contributed by atoms with Crippen molar-refractivity contribution in [1.82, 2.24) is 0 Å². The summed E-state index contributed by atoms with van der Waals surface area (Å²) in [5, 5.41) is 1.23. The SMILES string of the molecule is O=C1CC(c2ccc(Cl)cc2Cl)c2ccccc21. The van der Waals surface area contributed by atoms with Gasteiger partial charge >= 0.3 is 0 Å². The first-order valence-corrected chi connectivity index (χ1v) is 6.49. The van der Waals surface area contributed by atoms with Gasteiger partial charge < -0.3 is 0 Å². The van der Waals surface area contributed by atoms with Crippen LogP contribution in [0.25, 0.3) is 0 Å². The molecule has 1 unspecified atom stereocenters. The van der Waals surface area contributed by atoms with Crippen molar-refractivity contribution in [2.24, 2.45) is 0 Å². The summed E-state index contributed by atoms with van der Waals surface area (Å²) in [6, 6.07) is 13.2. The van der Waals surface area contributed by atoms with Gasteiger partial charge in [0, 0.05) is 27.9 Å². The molecule has 0 bridgehead atoms. The highest BCUT2D eigenvalue weighted by Crippen LogP contribution is 2.41. The van der Waals surface area contributed by atoms with E-state index in [2.05, 4.69) is 0 Å². The van der Waals surface area contributed by atoms with Gasteiger partial charge in [0.25, 0.3) is 0 Å². The van der Waals surface area contributed by atoms with E-state index in [1.807, 2.05) is 36.4 Å². The third kappa shape index (κ3) is 1.84. The average Bonchev–Trinajstić information content (AvgIpc) is 2.68. The van der Waals surface area contributed by atoms with E-state index in [1.165, 1.54) is 0 Å². The van der Waals surface area contributed by atoms with Gasteiger partial charge in [-0.1, -0.05) is 53.5 Å². The molecule has 0 spiro atoms. The van der Waals surface area contributed by atoms with Gasteiger partial charge in [-0.05, 0) is 23.3 Å². The number of hydrogen-bond acceptors (Lipinski definition) is 1. The molecule has 1 aliphatic rings. The molecule has 3 rings (SSSR count). The monoisotopic (exact) mass is 276 g/mol. The fourth-order valence-electron chi connectivity index (χ4n) is 2.52. The van der Waals surface area contributed by atoms with Crippen molar-refractivity contribution in [3.8, 4) is 0 Å². The number of fused-ring (bicyclic) bond motifs is 1. The minimum absolute atomic E-state index is 0.0541. The van der Waals surface area contributed by atoms with E-state index in [9.17, 15) is 4.79 Å². The number of halogens is 2. The Kier molecular flexibility index (Phi) is 2.89. The van der Waals surface area contributed by atoms with Gasteiger partial charge in [-0.2, -0.15) is 0 Å². The van der Waals surface area contributed by atoms with Gasteiger partial charge in [0.15, 0.2) is 5.78 Å². The highest BCUT2D eigenvalue weighted by atomic mass is 35.5. The molecular formula is C15H10Cl2O. The minimum Gasteiger partial charge on any atom is -0.294 e. The van der Waals surface area contributed by atoms with Crippen LogP contribution < -0.4 is 0 Å². The normalized spacial score (nSPS) is 17.9. The lowest BCUT2D eigenvalue weighted by Crippen LogP contribution is -1.97. The van der Waals surface area contributed by atoms with Gasteiger partial charge in [-0.25, -0.2) is 0 Å². The van der Waals surface area contributed by atoms with Crippen molar-refractivity contribution in [2.75, 3.05) is 0 Å². The summed E-state index contributed by atoms with van der Waals surface area (Å²) in [5.41, 5.74) is 2.85. The topological polar surface area (TPSA) is 17.1 Å². The van der Waals surface area contributed by atoms with E-state index >= 15 is 0 Å². The van der Waals surface area contributed by atoms with Gasteiger partial charge in [-0.3, -0.25) is 4.79 Å². The minimum atomic E-state index is 0.0541. The maximum atomic E-state index is 12.0. The second-order valence-electron chi connectivity index (χ2n) is 4.43. The summed E-state index contributed by atoms with van der Waals surface area (Å²) in [6.07, 6.45) is 0.487. The number of benzene rings is 2. The molecule has 0 fully saturated rings. The highest BCUT2D eigenvalue weighted by Gasteiger charge is 2.31. The predicted octanol–water partition coefficient (Wildman–Crippen LogP) is 4.71. The predicted molar refractivity (Wildman–Crippen MR) is 73.7 cm³/mol. The molecule has 0 heterocycles. The zero-order valence-electron chi connectivity index (χ0n) is 9.49. The number of hydrogen-bond donors (Lipinski definition) is 0. The zero-order valence-corrected chi connectivity index (χ0v) is 11.0. The summed E-state index contributed by atoms with van der Waals surface area (Å²) in [6.45, 7) is 0. The first kappa shape index (κ1) is 11.8. The Bertz CT molecular complexity index is 634. The van der Waals surface area contributed by atoms with E-state index < -0.39 is 0 Å². The molecule has 2 aromatic carbocycles. The van der Waals surface area contributed by atoms with Crippen LogP contribution in [0.5, 0.6) is 0 Å². The van der Waals surface area contributed by atoms with Gasteiger partial charge in [0.05, 0.1) is 0 Å². The van der Waals surface area contributed by atoms with Crippen LogP contribution in [0.4, 0.5) is 0 Å². The van der Waals surface area contributed by atoms with Crippen molar-refractivity contribution in [2.45, 2.75) is 12.3 Å². The molecular weight excluding hydrogens is 267 g/mol. The van der Waals surface area contributed by atoms with E-state index in [-0.39, 0.29) is 11.7 Å². The molecule has 2 aromatic rings. The first-order valence-electron chi connectivity index (χ1n) is 5.74. The molecule has 1 atom stereocenters. The lowest BCUT2D eigenvalue weighted by atomic mass is 9.93. The highest BCUT2D eigenvalue weighted by molar-refractivity contribution is 6.35. The second-order valence-corrected chi connectivity index (χ2v) is 5.28. The molecule has 0 N–H and O–H groups in total. The van der Waals surface area contributed by atoms with Crippen LogP contribution in [-0.2, 0) is 0 Å². The fourth-order valence-corrected chi connectivity index (χ4v) is 3.06. The lowest BCUT2D eigenvalue weighted by molar-refractivity contribution is 0.0991. The van der Waals surface area contributed by atoms with E-state index in [0.717, 1.165) is 16.7 Å². The number of Topliss-reactive ketones (excluding diaryl/α,β-unsaturated/α-hetero) is 1. The van der Waals surface area contributed by atoms with Gasteiger partial charge in [0.2, 0.25) is 0 Å². The van der Waals surface area contributed by atoms with E-state index in [1.54, 1.807) is 6.07 Å². The Morgan fingerprint density at radius 2 is 1.78 bits per heavy atom. The van der Waals surface area contributed by atoms with Crippen LogP contribution in [-0.4, -0.2) is 5.78 Å². The quantitative estimate of drug-likeness (QED) is 0.737. The Morgan fingerprint density at radius 3 is 2.56 bits per heavy atom. The molecule has 3 heteroatoms. The number of rotatable bonds is 1. The van der Waals surface area contributed by atoms with Gasteiger partial charge in [-0.15, -0.1) is 0 Å². The van der Waals surface area contributed by atoms with Crippen molar-refractivity contribution >= 4 is 29.0 Å². The first-order chi connectivity index (χ1) is 8.66. The summed E-state index contributed by atoms with van der Waals surface area (Å²) < 4.78 is 0. The molecule has 1 nitrogen and oxygen atoms in total. The van der Waals surface area contributed by atoms with Crippen LogP contribution in [0.15, 0.2) is 42.5 Å². The summed E-state index contributed by atoms with van der Waals surface area (Å²) in [7, 11) is 0. The third-order valence-corrected chi connectivity index (χ3v) is 3.93. The van der Waals surface area contributed by atoms with Crippen LogP contribution in [0, 0.1) is 0 Å². The van der Waals surface area contributed by atoms with Crippen LogP contribution in [0.1, 0.15) is 33.8 Å². The largest absolute Gasteiger partial charge is 0.294 e. The number of ketones is 1. The second kappa shape index (κ2) is 4.42. The maximum Gasteiger partial charge on any atom is 0.164 e. The number of carbonyl (C=O) groups excluding carboxylic acids is 1. The molecule has 1 aliphatic carbocycles. The maximum absolute atomic E-state index is 12.0. The Morgan fingerprint density at radius 1 is 1.00 bits per heavy atom. The standard InChI is InChI=1S/C15H10Cl2O/c16-9-5-6-11(14(17)7-9)13-8-15(18)12-4-2-1-3-10(12)13/h1-7,13H,8H2. The van der Waals surface area contributed by atoms with Crippen molar-refractivity contribution in [1.29, 1.82) is 0 Å². The lowest BCUT2D eigenvalue weighted by Gasteiger charge is -2.13.